The summed E-state index contributed by atoms with van der Waals surface area (Å²) < 4.78 is 0. The van der Waals surface area contributed by atoms with E-state index in [-0.39, 0.29) is 135 Å². The van der Waals surface area contributed by atoms with Gasteiger partial charge in [-0.2, -0.15) is 0 Å². The Hall–Kier alpha value is -4.28. The van der Waals surface area contributed by atoms with E-state index in [1.54, 1.807) is 0 Å². The molecule has 0 amide bonds. The first-order valence-corrected chi connectivity index (χ1v) is 39.1. The first-order valence-electron chi connectivity index (χ1n) is 39.1. The SMILES string of the molecule is C.C=C(CC[C@@H](C)[C@H]1CC[C@H]2C3=C(C(=O)C[C@]12C)[C@@]1(C)CCC(=O)[C@@H](C)[C@@H]1CC3=O)C(C)C.C=C(CC[C@@H](C)[C@H]1CC[C@H]2C3=C(C(=O)C[C@]12C)[C@@]1(C)CCC(=O)[C@@H](C)[C@@H]1CC3=O)C(C)C.C=C(CC[C@@H](C)[C@H]1CC[C@H]2C3=C(C(=O)[C@H](O)[C@]12C)[C@@]1(C)CC[C@@H](O)[C@@H](C)[C@@H]1CC3=O)C(C)C. The van der Waals surface area contributed by atoms with Crippen molar-refractivity contribution in [1.29, 1.82) is 0 Å². The second-order valence-corrected chi connectivity index (χ2v) is 37.3. The van der Waals surface area contributed by atoms with Crippen LogP contribution < -0.4 is 0 Å². The number of Topliss-reactive ketones (excluding diaryl/α,β-unsaturated/α-hetero) is 8. The van der Waals surface area contributed by atoms with Gasteiger partial charge in [-0.15, -0.1) is 0 Å². The molecule has 0 aliphatic heterocycles. The van der Waals surface area contributed by atoms with E-state index in [0.29, 0.717) is 111 Å². The monoisotopic (exact) mass is 1350 g/mol. The molecular weight excluding hydrogens is 1220 g/mol. The van der Waals surface area contributed by atoms with Crippen LogP contribution in [-0.2, 0) is 38.4 Å². The molecule has 98 heavy (non-hydrogen) atoms. The van der Waals surface area contributed by atoms with E-state index in [2.05, 4.69) is 124 Å². The molecule has 6 saturated carbocycles. The molecule has 12 aliphatic rings. The molecule has 12 aliphatic carbocycles. The average molecular weight is 1350 g/mol. The maximum absolute atomic E-state index is 13.9. The summed E-state index contributed by atoms with van der Waals surface area (Å²) in [6.45, 7) is 51.9. The van der Waals surface area contributed by atoms with Gasteiger partial charge in [0.05, 0.1) is 6.10 Å². The maximum atomic E-state index is 13.9. The van der Waals surface area contributed by atoms with Gasteiger partial charge in [0.2, 0.25) is 0 Å². The Bertz CT molecular complexity index is 3210. The number of carbonyl (C=O) groups is 8. The summed E-state index contributed by atoms with van der Waals surface area (Å²) in [6.07, 6.45) is 17.1. The van der Waals surface area contributed by atoms with Crippen molar-refractivity contribution >= 4 is 46.3 Å². The van der Waals surface area contributed by atoms with Crippen molar-refractivity contribution in [2.24, 2.45) is 139 Å². The molecule has 0 saturated heterocycles. The minimum Gasteiger partial charge on any atom is -0.393 e. The van der Waals surface area contributed by atoms with Crippen molar-refractivity contribution in [3.63, 3.8) is 0 Å². The number of aliphatic hydroxyl groups is 2. The first-order chi connectivity index (χ1) is 45.2. The number of allylic oxidation sites excluding steroid dienone is 8. The third-order valence-corrected chi connectivity index (χ3v) is 31.5. The highest BCUT2D eigenvalue weighted by atomic mass is 16.3. The zero-order valence-electron chi connectivity index (χ0n) is 63.6. The topological polar surface area (TPSA) is 177 Å². The highest BCUT2D eigenvalue weighted by Crippen LogP contribution is 2.69. The summed E-state index contributed by atoms with van der Waals surface area (Å²) in [5.74, 6) is 5.16. The number of ketones is 8. The van der Waals surface area contributed by atoms with E-state index in [4.69, 9.17) is 0 Å². The standard InChI is InChI=1S/C29H44O4.2C29H42O3.CH4/c1-15(2)16(3)8-9-17(4)19-10-11-20-24-23(31)14-21-18(5)22(30)12-13-28(21,6)25(24)26(32)27(33)29(19,20)7;2*1-16(2)17(3)8-9-18(4)20-10-11-21-26-24(31)14-22-19(5)23(30)12-13-28(22,6)27(26)25(32)15-29(20,21)7;/h15,17-22,27,30,33H,3,8-14H2,1-2,4-7H3;2*16,18-22H,3,8-15H2,1-2,4-7H3;1H4/t17-,18+,19-,20+,21+,22-,27+,28+,29-;2*18-,19+,20-,21+,22+,28+,29-;/m111./s1. The second kappa shape index (κ2) is 28.4. The highest BCUT2D eigenvalue weighted by Gasteiger charge is 2.67. The van der Waals surface area contributed by atoms with Crippen LogP contribution in [0.3, 0.4) is 0 Å². The summed E-state index contributed by atoms with van der Waals surface area (Å²) >= 11 is 0. The van der Waals surface area contributed by atoms with Crippen molar-refractivity contribution in [2.45, 2.75) is 292 Å². The van der Waals surface area contributed by atoms with Gasteiger partial charge in [-0.3, -0.25) is 38.4 Å². The van der Waals surface area contributed by atoms with E-state index in [1.807, 2.05) is 20.8 Å². The van der Waals surface area contributed by atoms with Gasteiger partial charge in [0.15, 0.2) is 34.7 Å². The molecule has 2 N–H and O–H groups in total. The van der Waals surface area contributed by atoms with E-state index in [9.17, 15) is 48.6 Å². The van der Waals surface area contributed by atoms with Crippen LogP contribution in [0.4, 0.5) is 0 Å². The molecule has 0 aromatic heterocycles. The van der Waals surface area contributed by atoms with Crippen LogP contribution in [0.2, 0.25) is 0 Å². The lowest BCUT2D eigenvalue weighted by molar-refractivity contribution is -0.145. The van der Waals surface area contributed by atoms with Crippen LogP contribution in [-0.4, -0.2) is 68.7 Å². The molecular formula is C88H132O10. The van der Waals surface area contributed by atoms with Crippen LogP contribution in [0.5, 0.6) is 0 Å². The van der Waals surface area contributed by atoms with Crippen molar-refractivity contribution in [3.8, 4) is 0 Å². The number of hydrogen-bond acceptors (Lipinski definition) is 10. The van der Waals surface area contributed by atoms with Gasteiger partial charge in [-0.1, -0.05) is 169 Å². The van der Waals surface area contributed by atoms with Crippen molar-refractivity contribution in [2.75, 3.05) is 0 Å². The van der Waals surface area contributed by atoms with Gasteiger partial charge < -0.3 is 10.2 Å². The molecule has 0 radical (unpaired) electrons. The Morgan fingerprint density at radius 1 is 0.439 bits per heavy atom. The summed E-state index contributed by atoms with van der Waals surface area (Å²) in [7, 11) is 0. The van der Waals surface area contributed by atoms with Crippen LogP contribution in [0.1, 0.15) is 280 Å². The fraction of sp³-hybridized carbons (Fsp3) is 0.773. The van der Waals surface area contributed by atoms with Crippen molar-refractivity contribution in [1.82, 2.24) is 0 Å². The fourth-order valence-electron chi connectivity index (χ4n) is 24.6. The third-order valence-electron chi connectivity index (χ3n) is 31.5. The first kappa shape index (κ1) is 77.9. The third kappa shape index (κ3) is 12.7. The quantitative estimate of drug-likeness (QED) is 0.150. The maximum Gasteiger partial charge on any atom is 0.188 e. The number of fused-ring (bicyclic) bond motifs is 12. The molecule has 12 rings (SSSR count). The molecule has 0 bridgehead atoms. The number of aliphatic hydroxyl groups excluding tert-OH is 2. The molecule has 10 nitrogen and oxygen atoms in total. The fourth-order valence-corrected chi connectivity index (χ4v) is 24.6. The summed E-state index contributed by atoms with van der Waals surface area (Å²) in [4.78, 5) is 107. The Morgan fingerprint density at radius 3 is 1.16 bits per heavy atom. The smallest absolute Gasteiger partial charge is 0.188 e. The second-order valence-electron chi connectivity index (χ2n) is 37.3. The van der Waals surface area contributed by atoms with Gasteiger partial charge in [0.1, 0.15) is 17.7 Å². The van der Waals surface area contributed by atoms with Crippen LogP contribution in [0.15, 0.2) is 69.9 Å². The van der Waals surface area contributed by atoms with Crippen molar-refractivity contribution < 1.29 is 48.6 Å². The molecule has 0 spiro atoms. The zero-order chi connectivity index (χ0) is 71.6. The zero-order valence-corrected chi connectivity index (χ0v) is 63.6. The number of hydrogen-bond donors (Lipinski definition) is 2. The van der Waals surface area contributed by atoms with Gasteiger partial charge in [-0.05, 0) is 208 Å². The lowest BCUT2D eigenvalue weighted by Gasteiger charge is -2.56. The minimum absolute atomic E-state index is 0. The normalized spacial score (nSPS) is 41.1. The molecule has 544 valence electrons. The highest BCUT2D eigenvalue weighted by molar-refractivity contribution is 6.14. The molecule has 23 atom stereocenters. The molecule has 0 aromatic carbocycles. The number of rotatable bonds is 15. The number of carbonyl (C=O) groups excluding carboxylic acids is 8. The predicted octanol–water partition coefficient (Wildman–Crippen LogP) is 18.9. The van der Waals surface area contributed by atoms with Gasteiger partial charge in [0, 0.05) is 112 Å². The molecule has 0 aromatic rings. The molecule has 10 heteroatoms. The lowest BCUT2D eigenvalue weighted by atomic mass is 9.47. The van der Waals surface area contributed by atoms with E-state index < -0.39 is 23.0 Å². The molecule has 0 unspecified atom stereocenters. The average Bonchev–Trinajstić information content (AvgIpc) is 1.38. The predicted molar refractivity (Wildman–Crippen MR) is 393 cm³/mol. The summed E-state index contributed by atoms with van der Waals surface area (Å²) in [5, 5.41) is 22.1. The van der Waals surface area contributed by atoms with Gasteiger partial charge in [0.25, 0.3) is 0 Å². The molecule has 6 fully saturated rings. The summed E-state index contributed by atoms with van der Waals surface area (Å²) in [5.41, 5.74) is 6.78. The van der Waals surface area contributed by atoms with Gasteiger partial charge in [-0.25, -0.2) is 0 Å². The molecule has 0 heterocycles. The van der Waals surface area contributed by atoms with Gasteiger partial charge >= 0.3 is 0 Å². The van der Waals surface area contributed by atoms with Crippen molar-refractivity contribution in [3.05, 3.63) is 69.9 Å². The largest absolute Gasteiger partial charge is 0.393 e. The van der Waals surface area contributed by atoms with E-state index in [1.165, 1.54) is 16.7 Å². The Kier molecular flexibility index (Phi) is 22.6. The Labute approximate surface area is 592 Å². The Morgan fingerprint density at radius 2 is 0.776 bits per heavy atom. The van der Waals surface area contributed by atoms with E-state index >= 15 is 0 Å². The lowest BCUT2D eigenvalue weighted by Crippen LogP contribution is -2.58. The Balaban J connectivity index is 0.000000171. The minimum atomic E-state index is -1.06. The van der Waals surface area contributed by atoms with Crippen LogP contribution in [0.25, 0.3) is 0 Å². The van der Waals surface area contributed by atoms with Crippen LogP contribution >= 0.6 is 0 Å². The summed E-state index contributed by atoms with van der Waals surface area (Å²) in [6, 6.07) is 0. The van der Waals surface area contributed by atoms with Crippen LogP contribution in [0, 0.1) is 139 Å². The van der Waals surface area contributed by atoms with E-state index in [0.717, 1.165) is 118 Å².